The molecule has 0 heterocycles. The summed E-state index contributed by atoms with van der Waals surface area (Å²) in [6.45, 7) is 0. The van der Waals surface area contributed by atoms with Crippen LogP contribution < -0.4 is 14.7 Å². The van der Waals surface area contributed by atoms with Crippen molar-refractivity contribution in [3.05, 3.63) is 0 Å². The first-order valence-corrected chi connectivity index (χ1v) is 2.19. The van der Waals surface area contributed by atoms with Crippen molar-refractivity contribution < 1.29 is 57.4 Å². The van der Waals surface area contributed by atoms with Crippen molar-refractivity contribution in [1.82, 2.24) is 0 Å². The average Bonchev–Trinajstić information content (AvgIpc) is 0.722. The second-order valence-corrected chi connectivity index (χ2v) is 1.34. The third-order valence-electron chi connectivity index (χ3n) is 0. The molecule has 0 aromatic heterocycles. The van der Waals surface area contributed by atoms with Crippen LogP contribution in [0.3, 0.4) is 0 Å². The maximum absolute atomic E-state index is 8.55. The van der Waals surface area contributed by atoms with Crippen LogP contribution in [0.1, 0.15) is 0 Å². The van der Waals surface area contributed by atoms with Crippen LogP contribution >= 0.6 is 7.82 Å². The van der Waals surface area contributed by atoms with E-state index < -0.39 is 7.82 Å². The predicted octanol–water partition coefficient (Wildman–Crippen LogP) is -3.65. The molecule has 0 aliphatic carbocycles. The molecule has 0 aliphatic rings. The molecule has 7 heteroatoms. The molecule has 7 heavy (non-hydrogen) atoms. The largest absolute Gasteiger partial charge is 3.00 e. The monoisotopic (exact) mass is 202 g/mol. The first kappa shape index (κ1) is 15.7. The van der Waals surface area contributed by atoms with Gasteiger partial charge in [-0.05, 0) is 0 Å². The molecule has 0 aromatic rings. The van der Waals surface area contributed by atoms with Crippen molar-refractivity contribution in [2.75, 3.05) is 0 Å². The fourth-order valence-electron chi connectivity index (χ4n) is 0. The summed E-state index contributed by atoms with van der Waals surface area (Å²) in [5.41, 5.74) is 0. The van der Waals surface area contributed by atoms with Gasteiger partial charge in [0, 0.05) is 0 Å². The summed E-state index contributed by atoms with van der Waals surface area (Å²) in [6, 6.07) is 0. The second kappa shape index (κ2) is 5.31. The fraction of sp³-hybridized carbons (Fsp3) is 0. The SMILES string of the molecule is O.O=P([O-])([O-])[O-].[Y+3]. The smallest absolute Gasteiger partial charge is 0.822 e. The molecule has 5 nitrogen and oxygen atoms in total. The Morgan fingerprint density at radius 1 is 1.14 bits per heavy atom. The maximum Gasteiger partial charge on any atom is 3.00 e. The standard InChI is InChI=1S/H3O4P.H2O.Y/c1-5(2,3)4;;/h(H3,1,2,3,4);1H2;/q;;+3/p-3. The molecule has 0 saturated carbocycles. The molecular weight excluding hydrogens is 200 g/mol. The number of phosphoric acid groups is 1. The second-order valence-electron chi connectivity index (χ2n) is 0.447. The average molecular weight is 202 g/mol. The summed E-state index contributed by atoms with van der Waals surface area (Å²) in [4.78, 5) is 25.6. The van der Waals surface area contributed by atoms with Gasteiger partial charge in [-0.2, -0.15) is 7.82 Å². The van der Waals surface area contributed by atoms with E-state index >= 15 is 0 Å². The minimum atomic E-state index is -5.39. The Balaban J connectivity index is -0.0000000800. The predicted molar refractivity (Wildman–Crippen MR) is 11.2 cm³/mol. The topological polar surface area (TPSA) is 118 Å². The van der Waals surface area contributed by atoms with Gasteiger partial charge < -0.3 is 24.7 Å². The van der Waals surface area contributed by atoms with Crippen LogP contribution in [-0.2, 0) is 37.3 Å². The summed E-state index contributed by atoms with van der Waals surface area (Å²) in [5, 5.41) is 0. The molecule has 2 N–H and O–H groups in total. The molecule has 0 fully saturated rings. The molecular formula is H2O5PY. The molecule has 0 radical (unpaired) electrons. The molecule has 0 atom stereocenters. The van der Waals surface area contributed by atoms with Gasteiger partial charge in [-0.15, -0.1) is 0 Å². The van der Waals surface area contributed by atoms with Crippen molar-refractivity contribution in [2.45, 2.75) is 0 Å². The van der Waals surface area contributed by atoms with Crippen LogP contribution in [0.4, 0.5) is 0 Å². The van der Waals surface area contributed by atoms with Crippen molar-refractivity contribution >= 4 is 7.82 Å². The van der Waals surface area contributed by atoms with Gasteiger partial charge in [-0.1, -0.05) is 0 Å². The molecule has 0 amide bonds. The van der Waals surface area contributed by atoms with Gasteiger partial charge >= 0.3 is 32.7 Å². The number of hydrogen-bond acceptors (Lipinski definition) is 4. The third kappa shape index (κ3) is 139. The van der Waals surface area contributed by atoms with Crippen LogP contribution in [0.15, 0.2) is 0 Å². The van der Waals surface area contributed by atoms with Gasteiger partial charge in [-0.3, -0.25) is 0 Å². The zero-order valence-electron chi connectivity index (χ0n) is 3.16. The summed E-state index contributed by atoms with van der Waals surface area (Å²) < 4.78 is 8.55. The van der Waals surface area contributed by atoms with Crippen molar-refractivity contribution in [1.29, 1.82) is 0 Å². The van der Waals surface area contributed by atoms with Gasteiger partial charge in [0.15, 0.2) is 0 Å². The van der Waals surface area contributed by atoms with E-state index in [1.807, 2.05) is 0 Å². The first-order chi connectivity index (χ1) is 2.00. The van der Waals surface area contributed by atoms with Crippen LogP contribution in [0.25, 0.3) is 0 Å². The van der Waals surface area contributed by atoms with Crippen molar-refractivity contribution in [3.63, 3.8) is 0 Å². The third-order valence-corrected chi connectivity index (χ3v) is 0. The van der Waals surface area contributed by atoms with E-state index in [-0.39, 0.29) is 38.2 Å². The van der Waals surface area contributed by atoms with E-state index in [4.69, 9.17) is 19.2 Å². The zero-order valence-corrected chi connectivity index (χ0v) is 6.89. The van der Waals surface area contributed by atoms with E-state index in [1.54, 1.807) is 0 Å². The van der Waals surface area contributed by atoms with E-state index in [2.05, 4.69) is 0 Å². The Bertz CT molecular complexity index is 54.2. The molecule has 0 unspecified atom stereocenters. The van der Waals surface area contributed by atoms with E-state index in [9.17, 15) is 0 Å². The first-order valence-electron chi connectivity index (χ1n) is 0.730. The van der Waals surface area contributed by atoms with Gasteiger partial charge in [0.05, 0.1) is 0 Å². The molecule has 40 valence electrons. The van der Waals surface area contributed by atoms with Gasteiger partial charge in [-0.25, -0.2) is 0 Å². The van der Waals surface area contributed by atoms with E-state index in [0.717, 1.165) is 0 Å². The van der Waals surface area contributed by atoms with E-state index in [1.165, 1.54) is 0 Å². The van der Waals surface area contributed by atoms with Crippen LogP contribution in [-0.4, -0.2) is 5.48 Å². The minimum Gasteiger partial charge on any atom is -0.822 e. The molecule has 0 saturated heterocycles. The number of hydrogen-bond donors (Lipinski definition) is 0. The molecule has 0 rings (SSSR count). The Kier molecular flexibility index (Phi) is 11.9. The number of rotatable bonds is 0. The summed E-state index contributed by atoms with van der Waals surface area (Å²) in [6.07, 6.45) is 0. The Morgan fingerprint density at radius 2 is 1.14 bits per heavy atom. The van der Waals surface area contributed by atoms with Crippen LogP contribution in [0, 0.1) is 0 Å². The maximum atomic E-state index is 8.55. The van der Waals surface area contributed by atoms with E-state index in [0.29, 0.717) is 0 Å². The molecule has 0 aromatic carbocycles. The Labute approximate surface area is 65.2 Å². The van der Waals surface area contributed by atoms with Crippen LogP contribution in [0.2, 0.25) is 0 Å². The zero-order chi connectivity index (χ0) is 4.50. The van der Waals surface area contributed by atoms with Crippen molar-refractivity contribution in [3.8, 4) is 0 Å². The van der Waals surface area contributed by atoms with Gasteiger partial charge in [0.2, 0.25) is 0 Å². The summed E-state index contributed by atoms with van der Waals surface area (Å²) in [5.74, 6) is 0. The normalized spacial score (nSPS) is 8.43. The Hall–Kier alpha value is 1.17. The van der Waals surface area contributed by atoms with Gasteiger partial charge in [0.1, 0.15) is 0 Å². The summed E-state index contributed by atoms with van der Waals surface area (Å²) >= 11 is 0. The quantitative estimate of drug-likeness (QED) is 0.376. The molecule has 0 bridgehead atoms. The summed E-state index contributed by atoms with van der Waals surface area (Å²) in [7, 11) is -5.39. The van der Waals surface area contributed by atoms with Crippen molar-refractivity contribution in [2.24, 2.45) is 0 Å². The van der Waals surface area contributed by atoms with Gasteiger partial charge in [0.25, 0.3) is 0 Å². The Morgan fingerprint density at radius 3 is 1.14 bits per heavy atom. The molecule has 0 spiro atoms. The fourth-order valence-corrected chi connectivity index (χ4v) is 0. The minimum absolute atomic E-state index is 0. The molecule has 0 aliphatic heterocycles. The van der Waals surface area contributed by atoms with Crippen LogP contribution in [0.5, 0.6) is 0 Å².